The van der Waals surface area contributed by atoms with E-state index in [4.69, 9.17) is 4.74 Å². The number of hydrogen-bond acceptors (Lipinski definition) is 3. The predicted octanol–water partition coefficient (Wildman–Crippen LogP) is 0.883. The van der Waals surface area contributed by atoms with Gasteiger partial charge in [-0.05, 0) is 19.3 Å². The van der Waals surface area contributed by atoms with Crippen LogP contribution in [0.25, 0.3) is 0 Å². The minimum absolute atomic E-state index is 0.121. The fourth-order valence-corrected chi connectivity index (χ4v) is 2.78. The monoisotopic (exact) mass is 249 g/mol. The summed E-state index contributed by atoms with van der Waals surface area (Å²) < 4.78 is 7.61. The molecule has 2 atom stereocenters. The molecule has 98 valence electrons. The fourth-order valence-electron chi connectivity index (χ4n) is 2.78. The third kappa shape index (κ3) is 2.56. The number of carbonyl (C=O) groups is 1. The largest absolute Gasteiger partial charge is 0.378 e. The van der Waals surface area contributed by atoms with Crippen LogP contribution < -0.4 is 5.32 Å². The van der Waals surface area contributed by atoms with Crippen molar-refractivity contribution in [2.45, 2.75) is 50.8 Å². The molecule has 3 rings (SSSR count). The Morgan fingerprint density at radius 3 is 3.33 bits per heavy atom. The van der Waals surface area contributed by atoms with E-state index in [2.05, 4.69) is 14.9 Å². The molecule has 1 saturated heterocycles. The number of aromatic nitrogens is 2. The van der Waals surface area contributed by atoms with Crippen molar-refractivity contribution in [2.24, 2.45) is 0 Å². The highest BCUT2D eigenvalue weighted by Gasteiger charge is 2.23. The van der Waals surface area contributed by atoms with Gasteiger partial charge in [-0.1, -0.05) is 0 Å². The average molecular weight is 249 g/mol. The van der Waals surface area contributed by atoms with Gasteiger partial charge in [-0.15, -0.1) is 0 Å². The lowest BCUT2D eigenvalue weighted by Gasteiger charge is -2.25. The van der Waals surface area contributed by atoms with Crippen molar-refractivity contribution >= 4 is 5.91 Å². The van der Waals surface area contributed by atoms with Crippen molar-refractivity contribution in [1.82, 2.24) is 14.9 Å². The van der Waals surface area contributed by atoms with E-state index in [0.29, 0.717) is 6.42 Å². The molecule has 1 fully saturated rings. The Morgan fingerprint density at radius 2 is 2.50 bits per heavy atom. The van der Waals surface area contributed by atoms with E-state index in [-0.39, 0.29) is 18.1 Å². The molecule has 2 aliphatic heterocycles. The highest BCUT2D eigenvalue weighted by Crippen LogP contribution is 2.16. The summed E-state index contributed by atoms with van der Waals surface area (Å²) in [4.78, 5) is 16.2. The Bertz CT molecular complexity index is 424. The summed E-state index contributed by atoms with van der Waals surface area (Å²) >= 11 is 0. The first-order valence-corrected chi connectivity index (χ1v) is 6.72. The first kappa shape index (κ1) is 11.7. The van der Waals surface area contributed by atoms with Crippen molar-refractivity contribution in [1.29, 1.82) is 0 Å². The molecular weight excluding hydrogens is 230 g/mol. The van der Waals surface area contributed by atoms with Crippen LogP contribution in [-0.4, -0.2) is 34.2 Å². The second-order valence-electron chi connectivity index (χ2n) is 5.14. The number of amides is 1. The summed E-state index contributed by atoms with van der Waals surface area (Å²) in [6.07, 6.45) is 8.47. The first-order chi connectivity index (χ1) is 8.81. The average Bonchev–Trinajstić information content (AvgIpc) is 2.98. The van der Waals surface area contributed by atoms with E-state index < -0.39 is 0 Å². The molecule has 5 heteroatoms. The smallest absolute Gasteiger partial charge is 0.222 e. The SMILES string of the molecule is O=C(CC1CCCO1)NC1CCc2nccn2C1. The standard InChI is InChI=1S/C13H19N3O2/c17-13(8-11-2-1-7-18-11)15-10-3-4-12-14-5-6-16(12)9-10/h5-6,10-11H,1-4,7-9H2,(H,15,17). The number of nitrogens with zero attached hydrogens (tertiary/aromatic N) is 2. The van der Waals surface area contributed by atoms with Gasteiger partial charge in [0.25, 0.3) is 0 Å². The Kier molecular flexibility index (Phi) is 3.32. The maximum absolute atomic E-state index is 11.9. The molecule has 0 radical (unpaired) electrons. The third-order valence-corrected chi connectivity index (χ3v) is 3.74. The number of imidazole rings is 1. The zero-order valence-corrected chi connectivity index (χ0v) is 10.5. The molecule has 2 unspecified atom stereocenters. The van der Waals surface area contributed by atoms with E-state index in [1.165, 1.54) is 0 Å². The molecule has 1 aromatic heterocycles. The van der Waals surface area contributed by atoms with Gasteiger partial charge in [0, 0.05) is 38.0 Å². The quantitative estimate of drug-likeness (QED) is 0.865. The Balaban J connectivity index is 1.50. The van der Waals surface area contributed by atoms with Crippen LogP contribution in [-0.2, 0) is 22.5 Å². The van der Waals surface area contributed by atoms with E-state index in [0.717, 1.165) is 44.7 Å². The van der Waals surface area contributed by atoms with Gasteiger partial charge in [0.1, 0.15) is 5.82 Å². The Hall–Kier alpha value is -1.36. The number of carbonyl (C=O) groups excluding carboxylic acids is 1. The molecule has 1 amide bonds. The summed E-state index contributed by atoms with van der Waals surface area (Å²) in [5.41, 5.74) is 0. The summed E-state index contributed by atoms with van der Waals surface area (Å²) in [7, 11) is 0. The third-order valence-electron chi connectivity index (χ3n) is 3.74. The van der Waals surface area contributed by atoms with Gasteiger partial charge in [-0.25, -0.2) is 4.98 Å². The molecule has 5 nitrogen and oxygen atoms in total. The summed E-state index contributed by atoms with van der Waals surface area (Å²) in [5.74, 6) is 1.25. The second kappa shape index (κ2) is 5.10. The van der Waals surface area contributed by atoms with Crippen molar-refractivity contribution in [2.75, 3.05) is 6.61 Å². The topological polar surface area (TPSA) is 56.1 Å². The molecular formula is C13H19N3O2. The molecule has 0 aliphatic carbocycles. The van der Waals surface area contributed by atoms with Crippen molar-refractivity contribution in [3.05, 3.63) is 18.2 Å². The number of fused-ring (bicyclic) bond motifs is 1. The van der Waals surface area contributed by atoms with Crippen molar-refractivity contribution < 1.29 is 9.53 Å². The van der Waals surface area contributed by atoms with Crippen LogP contribution in [0.2, 0.25) is 0 Å². The minimum atomic E-state index is 0.121. The molecule has 3 heterocycles. The van der Waals surface area contributed by atoms with Crippen LogP contribution in [0.5, 0.6) is 0 Å². The van der Waals surface area contributed by atoms with Gasteiger partial charge in [-0.3, -0.25) is 4.79 Å². The zero-order chi connectivity index (χ0) is 12.4. The molecule has 0 aromatic carbocycles. The number of aryl methyl sites for hydroxylation is 1. The van der Waals surface area contributed by atoms with Crippen LogP contribution in [0.15, 0.2) is 12.4 Å². The Morgan fingerprint density at radius 1 is 1.56 bits per heavy atom. The summed E-state index contributed by atoms with van der Waals surface area (Å²) in [5, 5.41) is 3.11. The zero-order valence-electron chi connectivity index (χ0n) is 10.5. The van der Waals surface area contributed by atoms with E-state index in [1.54, 1.807) is 0 Å². The Labute approximate surface area is 107 Å². The van der Waals surface area contributed by atoms with Crippen LogP contribution in [0.3, 0.4) is 0 Å². The van der Waals surface area contributed by atoms with Gasteiger partial charge >= 0.3 is 0 Å². The number of ether oxygens (including phenoxy) is 1. The van der Waals surface area contributed by atoms with Crippen LogP contribution in [0.4, 0.5) is 0 Å². The number of nitrogens with one attached hydrogen (secondary N) is 1. The fraction of sp³-hybridized carbons (Fsp3) is 0.692. The molecule has 1 N–H and O–H groups in total. The lowest BCUT2D eigenvalue weighted by Crippen LogP contribution is -2.41. The van der Waals surface area contributed by atoms with Crippen molar-refractivity contribution in [3.63, 3.8) is 0 Å². The molecule has 1 aromatic rings. The molecule has 18 heavy (non-hydrogen) atoms. The molecule has 2 aliphatic rings. The number of hydrogen-bond donors (Lipinski definition) is 1. The maximum atomic E-state index is 11.9. The minimum Gasteiger partial charge on any atom is -0.378 e. The molecule has 0 saturated carbocycles. The van der Waals surface area contributed by atoms with Gasteiger partial charge in [0.2, 0.25) is 5.91 Å². The highest BCUT2D eigenvalue weighted by atomic mass is 16.5. The lowest BCUT2D eigenvalue weighted by atomic mass is 10.1. The van der Waals surface area contributed by atoms with Gasteiger partial charge in [0.15, 0.2) is 0 Å². The number of rotatable bonds is 3. The maximum Gasteiger partial charge on any atom is 0.222 e. The summed E-state index contributed by atoms with van der Waals surface area (Å²) in [6, 6.07) is 0.237. The van der Waals surface area contributed by atoms with E-state index in [9.17, 15) is 4.79 Å². The van der Waals surface area contributed by atoms with Crippen molar-refractivity contribution in [3.8, 4) is 0 Å². The first-order valence-electron chi connectivity index (χ1n) is 6.72. The van der Waals surface area contributed by atoms with Crippen LogP contribution >= 0.6 is 0 Å². The summed E-state index contributed by atoms with van der Waals surface area (Å²) in [6.45, 7) is 1.65. The lowest BCUT2D eigenvalue weighted by molar-refractivity contribution is -0.124. The predicted molar refractivity (Wildman–Crippen MR) is 66.1 cm³/mol. The molecule has 0 bridgehead atoms. The highest BCUT2D eigenvalue weighted by molar-refractivity contribution is 5.76. The van der Waals surface area contributed by atoms with E-state index >= 15 is 0 Å². The second-order valence-corrected chi connectivity index (χ2v) is 5.14. The van der Waals surface area contributed by atoms with Gasteiger partial charge < -0.3 is 14.6 Å². The van der Waals surface area contributed by atoms with Gasteiger partial charge in [0.05, 0.1) is 12.5 Å². The van der Waals surface area contributed by atoms with Crippen LogP contribution in [0.1, 0.15) is 31.5 Å². The van der Waals surface area contributed by atoms with Gasteiger partial charge in [-0.2, -0.15) is 0 Å². The normalized spacial score (nSPS) is 26.9. The molecule has 0 spiro atoms. The van der Waals surface area contributed by atoms with Crippen LogP contribution in [0, 0.1) is 0 Å². The van der Waals surface area contributed by atoms with E-state index in [1.807, 2.05) is 12.4 Å².